The third-order valence-corrected chi connectivity index (χ3v) is 4.26. The number of nitrogens with zero attached hydrogens (tertiary/aromatic N) is 3. The maximum absolute atomic E-state index is 12.0. The summed E-state index contributed by atoms with van der Waals surface area (Å²) in [4.78, 5) is 27.1. The van der Waals surface area contributed by atoms with Crippen molar-refractivity contribution in [3.8, 4) is 6.07 Å². The average Bonchev–Trinajstić information content (AvgIpc) is 2.84. The Bertz CT molecular complexity index is 746. The van der Waals surface area contributed by atoms with E-state index in [9.17, 15) is 25.1 Å². The quantitative estimate of drug-likeness (QED) is 0.333. The summed E-state index contributed by atoms with van der Waals surface area (Å²) in [6.07, 6.45) is -2.00. The molecule has 2 unspecified atom stereocenters. The topological polar surface area (TPSA) is 198 Å². The summed E-state index contributed by atoms with van der Waals surface area (Å²) < 4.78 is 5.79. The van der Waals surface area contributed by atoms with Crippen molar-refractivity contribution in [3.63, 3.8) is 0 Å². The van der Waals surface area contributed by atoms with E-state index in [1.165, 1.54) is 12.3 Å². The van der Waals surface area contributed by atoms with Crippen molar-refractivity contribution in [2.75, 3.05) is 18.9 Å². The van der Waals surface area contributed by atoms with Crippen LogP contribution in [0.2, 0.25) is 0 Å². The zero-order chi connectivity index (χ0) is 18.8. The van der Waals surface area contributed by atoms with Crippen molar-refractivity contribution in [2.45, 2.75) is 30.2 Å². The highest BCUT2D eigenvalue weighted by molar-refractivity contribution is 5.75. The number of hydrogen-bond acceptors (Lipinski definition) is 10. The Hall–Kier alpha value is -2.52. The Balaban J connectivity index is 2.26. The minimum atomic E-state index is -1.78. The van der Waals surface area contributed by atoms with Crippen molar-refractivity contribution >= 4 is 11.8 Å². The molecule has 0 radical (unpaired) electrons. The molecule has 136 valence electrons. The lowest BCUT2D eigenvalue weighted by Crippen LogP contribution is -2.48. The number of ether oxygens (including phenoxy) is 1. The largest absolute Gasteiger partial charge is 0.464 e. The van der Waals surface area contributed by atoms with E-state index in [2.05, 4.69) is 4.98 Å². The lowest BCUT2D eigenvalue weighted by molar-refractivity contribution is -0.148. The molecule has 1 heterocycles. The monoisotopic (exact) mass is 353 g/mol. The molecule has 0 aromatic carbocycles. The van der Waals surface area contributed by atoms with E-state index < -0.39 is 48.0 Å². The van der Waals surface area contributed by atoms with Crippen LogP contribution in [0.3, 0.4) is 0 Å². The SMILES string of the molecule is N#C[C@@]1(n2ccc(N)nc2=O)C[C@H](COC(=O)[C@@H](N)CO)C(O)C1O. The summed E-state index contributed by atoms with van der Waals surface area (Å²) in [7, 11) is 0. The fraction of sp³-hybridized carbons (Fsp3) is 0.571. The Labute approximate surface area is 142 Å². The Kier molecular flexibility index (Phi) is 5.39. The molecule has 0 bridgehead atoms. The highest BCUT2D eigenvalue weighted by Gasteiger charge is 2.55. The summed E-state index contributed by atoms with van der Waals surface area (Å²) >= 11 is 0. The minimum Gasteiger partial charge on any atom is -0.464 e. The van der Waals surface area contributed by atoms with E-state index in [-0.39, 0.29) is 18.8 Å². The van der Waals surface area contributed by atoms with Gasteiger partial charge in [-0.2, -0.15) is 10.2 Å². The Morgan fingerprint density at radius 3 is 2.84 bits per heavy atom. The second kappa shape index (κ2) is 7.16. The van der Waals surface area contributed by atoms with E-state index in [0.717, 1.165) is 4.57 Å². The number of hydrogen-bond donors (Lipinski definition) is 5. The van der Waals surface area contributed by atoms with Gasteiger partial charge in [-0.25, -0.2) is 4.79 Å². The van der Waals surface area contributed by atoms with Crippen LogP contribution in [-0.4, -0.2) is 62.3 Å². The number of rotatable bonds is 5. The van der Waals surface area contributed by atoms with Crippen molar-refractivity contribution in [2.24, 2.45) is 11.7 Å². The van der Waals surface area contributed by atoms with Crippen LogP contribution in [0.5, 0.6) is 0 Å². The van der Waals surface area contributed by atoms with Crippen LogP contribution in [0, 0.1) is 17.2 Å². The molecule has 7 N–H and O–H groups in total. The fourth-order valence-corrected chi connectivity index (χ4v) is 2.84. The normalized spacial score (nSPS) is 29.8. The zero-order valence-electron chi connectivity index (χ0n) is 13.1. The molecular weight excluding hydrogens is 334 g/mol. The molecular formula is C14H19N5O6. The molecule has 1 aliphatic rings. The van der Waals surface area contributed by atoms with Gasteiger partial charge in [-0.05, 0) is 12.5 Å². The molecule has 1 saturated carbocycles. The lowest BCUT2D eigenvalue weighted by atomic mass is 9.95. The van der Waals surface area contributed by atoms with Crippen molar-refractivity contribution in [1.82, 2.24) is 9.55 Å². The van der Waals surface area contributed by atoms with Gasteiger partial charge < -0.3 is 31.5 Å². The molecule has 0 saturated heterocycles. The summed E-state index contributed by atoms with van der Waals surface area (Å²) in [5.74, 6) is -1.76. The Morgan fingerprint density at radius 1 is 1.60 bits per heavy atom. The van der Waals surface area contributed by atoms with Crippen LogP contribution < -0.4 is 17.2 Å². The predicted molar refractivity (Wildman–Crippen MR) is 82.6 cm³/mol. The molecule has 2 rings (SSSR count). The van der Waals surface area contributed by atoms with Crippen LogP contribution >= 0.6 is 0 Å². The maximum atomic E-state index is 12.0. The Morgan fingerprint density at radius 2 is 2.28 bits per heavy atom. The van der Waals surface area contributed by atoms with Gasteiger partial charge in [0.2, 0.25) is 0 Å². The van der Waals surface area contributed by atoms with Gasteiger partial charge in [0.25, 0.3) is 0 Å². The van der Waals surface area contributed by atoms with E-state index >= 15 is 0 Å². The van der Waals surface area contributed by atoms with Gasteiger partial charge in [0, 0.05) is 12.1 Å². The average molecular weight is 353 g/mol. The van der Waals surface area contributed by atoms with Crippen LogP contribution in [0.25, 0.3) is 0 Å². The number of aliphatic hydroxyl groups excluding tert-OH is 3. The van der Waals surface area contributed by atoms with Crippen LogP contribution in [0.1, 0.15) is 6.42 Å². The first-order chi connectivity index (χ1) is 11.8. The number of esters is 1. The number of aromatic nitrogens is 2. The number of nitriles is 1. The van der Waals surface area contributed by atoms with Crippen molar-refractivity contribution in [3.05, 3.63) is 22.7 Å². The van der Waals surface area contributed by atoms with E-state index in [1.54, 1.807) is 0 Å². The molecule has 11 nitrogen and oxygen atoms in total. The summed E-state index contributed by atoms with van der Waals surface area (Å²) in [5, 5.41) is 38.9. The first-order valence-corrected chi connectivity index (χ1v) is 7.43. The van der Waals surface area contributed by atoms with E-state index in [0.29, 0.717) is 0 Å². The molecule has 0 spiro atoms. The van der Waals surface area contributed by atoms with Crippen LogP contribution in [0.15, 0.2) is 17.1 Å². The van der Waals surface area contributed by atoms with Crippen molar-refractivity contribution in [1.29, 1.82) is 5.26 Å². The first kappa shape index (κ1) is 18.8. The second-order valence-corrected chi connectivity index (χ2v) is 5.86. The lowest BCUT2D eigenvalue weighted by Gasteiger charge is -2.27. The standard InChI is InChI=1S/C14H19N5O6/c15-6-14(19-2-1-9(17)18-13(19)24)3-7(10(21)11(14)22)5-25-12(23)8(16)4-20/h1-2,7-8,10-11,20-22H,3-5,16H2,(H2,17,18,24)/t7-,8+,10?,11?,14+/m1/s1. The molecule has 1 aliphatic carbocycles. The molecule has 0 amide bonds. The molecule has 11 heteroatoms. The smallest absolute Gasteiger partial charge is 0.350 e. The summed E-state index contributed by atoms with van der Waals surface area (Å²) in [5.41, 5.74) is 8.09. The number of nitrogens with two attached hydrogens (primary N) is 2. The van der Waals surface area contributed by atoms with Gasteiger partial charge in [-0.1, -0.05) is 0 Å². The third-order valence-electron chi connectivity index (χ3n) is 4.26. The molecule has 0 aliphatic heterocycles. The highest BCUT2D eigenvalue weighted by atomic mass is 16.5. The van der Waals surface area contributed by atoms with E-state index in [4.69, 9.17) is 21.3 Å². The highest BCUT2D eigenvalue weighted by Crippen LogP contribution is 2.40. The van der Waals surface area contributed by atoms with Gasteiger partial charge in [0.15, 0.2) is 5.54 Å². The number of anilines is 1. The van der Waals surface area contributed by atoms with Gasteiger partial charge in [-0.3, -0.25) is 9.36 Å². The molecule has 1 aromatic rings. The van der Waals surface area contributed by atoms with E-state index in [1.807, 2.05) is 6.07 Å². The van der Waals surface area contributed by atoms with Crippen molar-refractivity contribution < 1.29 is 24.9 Å². The molecule has 5 atom stereocenters. The third kappa shape index (κ3) is 3.33. The van der Waals surface area contributed by atoms with Crippen LogP contribution in [0.4, 0.5) is 5.82 Å². The van der Waals surface area contributed by atoms with Gasteiger partial charge in [0.1, 0.15) is 18.0 Å². The number of carbonyl (C=O) groups excluding carboxylic acids is 1. The molecule has 25 heavy (non-hydrogen) atoms. The minimum absolute atomic E-state index is 0.0501. The first-order valence-electron chi connectivity index (χ1n) is 7.43. The van der Waals surface area contributed by atoms with Gasteiger partial charge in [0.05, 0.1) is 25.4 Å². The number of carbonyl (C=O) groups is 1. The van der Waals surface area contributed by atoms with Gasteiger partial charge in [-0.15, -0.1) is 0 Å². The number of nitrogen functional groups attached to an aromatic ring is 1. The van der Waals surface area contributed by atoms with Gasteiger partial charge >= 0.3 is 11.7 Å². The zero-order valence-corrected chi connectivity index (χ0v) is 13.1. The summed E-state index contributed by atoms with van der Waals surface area (Å²) in [6, 6.07) is 1.91. The number of aliphatic hydroxyl groups is 3. The predicted octanol–water partition coefficient (Wildman–Crippen LogP) is -3.35. The second-order valence-electron chi connectivity index (χ2n) is 5.86. The molecule has 1 fully saturated rings. The summed E-state index contributed by atoms with van der Waals surface area (Å²) in [6.45, 7) is -0.950. The fourth-order valence-electron chi connectivity index (χ4n) is 2.84. The maximum Gasteiger partial charge on any atom is 0.350 e. The van der Waals surface area contributed by atoms with Crippen LogP contribution in [-0.2, 0) is 15.1 Å². The molecule has 1 aromatic heterocycles.